The van der Waals surface area contributed by atoms with Crippen molar-refractivity contribution in [3.05, 3.63) is 58.6 Å². The molecule has 4 atom stereocenters. The molecule has 0 radical (unpaired) electrons. The summed E-state index contributed by atoms with van der Waals surface area (Å²) in [6.07, 6.45) is -1.49. The second kappa shape index (κ2) is 8.58. The number of carbonyl (C=O) groups excluding carboxylic acids is 1. The van der Waals surface area contributed by atoms with Gasteiger partial charge in [-0.25, -0.2) is 0 Å². The Hall–Kier alpha value is -1.08. The van der Waals surface area contributed by atoms with Gasteiger partial charge < -0.3 is 0 Å². The van der Waals surface area contributed by atoms with Gasteiger partial charge in [0, 0.05) is 0 Å². The van der Waals surface area contributed by atoms with Crippen LogP contribution in [0.1, 0.15) is 23.5 Å². The quantitative estimate of drug-likeness (QED) is 0.338. The summed E-state index contributed by atoms with van der Waals surface area (Å²) in [6, 6.07) is 9.92. The second-order valence-electron chi connectivity index (χ2n) is 6.68. The number of aromatic nitrogens is 2. The number of aliphatic hydroxyl groups is 1. The molecule has 0 aliphatic carbocycles. The number of benzene rings is 1. The van der Waals surface area contributed by atoms with E-state index in [-0.39, 0.29) is 12.4 Å². The number of anilines is 1. The number of ether oxygens (including phenoxy) is 1. The Kier molecular flexibility index (Phi) is 5.52. The van der Waals surface area contributed by atoms with Gasteiger partial charge in [-0.2, -0.15) is 0 Å². The van der Waals surface area contributed by atoms with Crippen LogP contribution in [0.3, 0.4) is 0 Å². The molecule has 2 aliphatic rings. The van der Waals surface area contributed by atoms with E-state index in [0.29, 0.717) is 17.2 Å². The number of fused-ring (bicyclic) bond motifs is 1. The van der Waals surface area contributed by atoms with E-state index in [2.05, 4.69) is 10.3 Å². The summed E-state index contributed by atoms with van der Waals surface area (Å²) in [7, 11) is 0. The number of nitrogens with zero attached hydrogens (tertiary/aromatic N) is 2. The Bertz CT molecular complexity index is 1070. The molecule has 2 aliphatic heterocycles. The van der Waals surface area contributed by atoms with Gasteiger partial charge in [0.1, 0.15) is 0 Å². The van der Waals surface area contributed by atoms with E-state index in [9.17, 15) is 14.7 Å². The maximum atomic E-state index is 12.6. The summed E-state index contributed by atoms with van der Waals surface area (Å²) in [5.74, 6) is -0.354. The van der Waals surface area contributed by atoms with Crippen molar-refractivity contribution in [3.8, 4) is 0 Å². The number of halogens is 1. The van der Waals surface area contributed by atoms with Gasteiger partial charge in [0.25, 0.3) is 0 Å². The van der Waals surface area contributed by atoms with Gasteiger partial charge in [0.05, 0.1) is 0 Å². The summed E-state index contributed by atoms with van der Waals surface area (Å²) in [6.45, 7) is 1.31. The number of hydrogen-bond acceptors (Lipinski definition) is 8. The molecular formula is C17H19IN3O6PS. The summed E-state index contributed by atoms with van der Waals surface area (Å²) < 4.78 is 34.1. The van der Waals surface area contributed by atoms with Crippen LogP contribution in [0.2, 0.25) is 0 Å². The average molecular weight is 554 g/mol. The molecule has 3 heterocycles. The molecule has 29 heavy (non-hydrogen) atoms. The van der Waals surface area contributed by atoms with Crippen LogP contribution in [-0.2, 0) is 13.4 Å². The van der Waals surface area contributed by atoms with Crippen LogP contribution >= 0.6 is 38.6 Å². The summed E-state index contributed by atoms with van der Waals surface area (Å²) in [4.78, 5) is 24.7. The molecule has 2 aromatic rings. The topological polar surface area (TPSA) is 112 Å². The molecule has 0 unspecified atom stereocenters. The van der Waals surface area contributed by atoms with Crippen molar-refractivity contribution < 1.29 is 23.3 Å². The van der Waals surface area contributed by atoms with Crippen LogP contribution in [0.5, 0.6) is 0 Å². The first-order valence-electron chi connectivity index (χ1n) is 9.51. The Morgan fingerprint density at radius 3 is 3.03 bits per heavy atom. The summed E-state index contributed by atoms with van der Waals surface area (Å²) in [5.41, 5.74) is -1.99. The molecule has 1 aromatic heterocycles. The molecule has 0 bridgehead atoms. The van der Waals surface area contributed by atoms with Crippen molar-refractivity contribution in [1.29, 1.82) is 2.56 Å². The zero-order chi connectivity index (χ0) is 22.5. The van der Waals surface area contributed by atoms with Crippen LogP contribution in [0, 0.1) is 0 Å². The predicted octanol–water partition coefficient (Wildman–Crippen LogP) is 2.33. The van der Waals surface area contributed by atoms with E-state index >= 15 is 0 Å². The fourth-order valence-electron chi connectivity index (χ4n) is 3.20. The van der Waals surface area contributed by atoms with Gasteiger partial charge in [-0.3, -0.25) is 0 Å². The van der Waals surface area contributed by atoms with E-state index in [0.717, 1.165) is 4.57 Å². The summed E-state index contributed by atoms with van der Waals surface area (Å²) in [5, 5.41) is 13.6. The van der Waals surface area contributed by atoms with Crippen molar-refractivity contribution in [2.45, 2.75) is 31.0 Å². The standard InChI is InChI=1S/C17H19IN3O6PS/c1-17(24)13-11(9-25-28(18)29-27-13)26-15(17)21-8-7-12(20-16(21)23)19-14(22)10-5-3-2-4-6-10/h2-8,11,13,15,24H,9,28H2,1H3,(H,19,20,22,23)/t11-,13+,15-,17-/m1/s1/i28TD. The predicted molar refractivity (Wildman–Crippen MR) is 120 cm³/mol. The second-order valence-corrected chi connectivity index (χ2v) is 13.7. The first kappa shape index (κ1) is 18.7. The van der Waals surface area contributed by atoms with Crippen LogP contribution in [0.4, 0.5) is 5.82 Å². The number of amides is 1. The van der Waals surface area contributed by atoms with Crippen molar-refractivity contribution in [3.63, 3.8) is 0 Å². The van der Waals surface area contributed by atoms with Crippen molar-refractivity contribution in [1.82, 2.24) is 9.55 Å². The Morgan fingerprint density at radius 2 is 2.31 bits per heavy atom. The molecular weight excluding hydrogens is 532 g/mol. The van der Waals surface area contributed by atoms with Gasteiger partial charge in [-0.15, -0.1) is 0 Å². The SMILES string of the molecule is [2H]P1([3H])(I)OC[C@H]2O[C@@H](n3ccc(NC(=O)c4ccccc4)nc3=O)[C@](C)(O)[C@H]2OS1. The third-order valence-electron chi connectivity index (χ3n) is 4.62. The Labute approximate surface area is 187 Å². The molecule has 12 heteroatoms. The molecule has 0 spiro atoms. The molecule has 2 fully saturated rings. The molecule has 2 N–H and O–H groups in total. The number of carbonyl (C=O) groups is 1. The van der Waals surface area contributed by atoms with Crippen LogP contribution in [-0.4, -0.2) is 47.5 Å². The average Bonchev–Trinajstić information content (AvgIpc) is 2.86. The van der Waals surface area contributed by atoms with E-state index in [1.165, 1.54) is 19.2 Å². The van der Waals surface area contributed by atoms with Gasteiger partial charge >= 0.3 is 157 Å². The first-order chi connectivity index (χ1) is 14.4. The molecule has 2 saturated heterocycles. The molecule has 1 aromatic carbocycles. The van der Waals surface area contributed by atoms with Gasteiger partial charge in [0.2, 0.25) is 0 Å². The van der Waals surface area contributed by atoms with Gasteiger partial charge in [0.15, 0.2) is 0 Å². The van der Waals surface area contributed by atoms with E-state index < -0.39 is 40.5 Å². The normalized spacial score (nSPS) is 35.1. The molecule has 4 rings (SSSR count). The van der Waals surface area contributed by atoms with Crippen LogP contribution in [0.25, 0.3) is 0 Å². The van der Waals surface area contributed by atoms with Crippen molar-refractivity contribution in [2.75, 3.05) is 11.9 Å². The third kappa shape index (κ3) is 4.36. The van der Waals surface area contributed by atoms with E-state index in [4.69, 9.17) is 16.0 Å². The minimum absolute atomic E-state index is 0.0581. The summed E-state index contributed by atoms with van der Waals surface area (Å²) >= 11 is 2.17. The zero-order valence-corrected chi connectivity index (χ0v) is 19.0. The van der Waals surface area contributed by atoms with E-state index in [1.807, 2.05) is 0 Å². The number of rotatable bonds is 3. The zero-order valence-electron chi connectivity index (χ0n) is 17.1. The number of nitrogens with one attached hydrogen (secondary N) is 1. The maximum absolute atomic E-state index is 12.6. The van der Waals surface area contributed by atoms with E-state index in [1.54, 1.807) is 52.4 Å². The molecule has 0 saturated carbocycles. The monoisotopic (exact) mass is 554 g/mol. The number of hydrogen-bond donors (Lipinski definition) is 2. The van der Waals surface area contributed by atoms with Crippen LogP contribution < -0.4 is 11.0 Å². The molecule has 9 nitrogen and oxygen atoms in total. The molecule has 1 amide bonds. The van der Waals surface area contributed by atoms with Gasteiger partial charge in [-0.05, 0) is 12.1 Å². The fourth-order valence-corrected chi connectivity index (χ4v) is 6.09. The first-order valence-corrected chi connectivity index (χ1v) is 14.0. The minimum atomic E-state index is -4.05. The fraction of sp³-hybridized carbons (Fsp3) is 0.353. The molecule has 156 valence electrons. The Balaban J connectivity index is 1.54. The van der Waals surface area contributed by atoms with Gasteiger partial charge in [-0.1, -0.05) is 18.2 Å². The third-order valence-corrected chi connectivity index (χ3v) is 8.59. The van der Waals surface area contributed by atoms with Crippen LogP contribution in [0.15, 0.2) is 47.4 Å². The van der Waals surface area contributed by atoms with Crippen molar-refractivity contribution in [2.24, 2.45) is 0 Å². The Morgan fingerprint density at radius 1 is 1.55 bits per heavy atom. The van der Waals surface area contributed by atoms with Crippen molar-refractivity contribution >= 4 is 50.3 Å².